The number of benzene rings is 1. The number of amides is 1. The Balaban J connectivity index is 2.22. The second-order valence-corrected chi connectivity index (χ2v) is 4.07. The van der Waals surface area contributed by atoms with E-state index in [-0.39, 0.29) is 5.91 Å². The van der Waals surface area contributed by atoms with E-state index in [9.17, 15) is 4.79 Å². The minimum atomic E-state index is -0.0803. The average Bonchev–Trinajstić information content (AvgIpc) is 2.32. The summed E-state index contributed by atoms with van der Waals surface area (Å²) in [6.45, 7) is 2.36. The molecule has 16 heavy (non-hydrogen) atoms. The molecule has 4 nitrogen and oxygen atoms in total. The van der Waals surface area contributed by atoms with E-state index >= 15 is 0 Å². The predicted octanol–water partition coefficient (Wildman–Crippen LogP) is 1.39. The molecule has 1 heterocycles. The number of nitrogens with zero attached hydrogens (tertiary/aromatic N) is 1. The van der Waals surface area contributed by atoms with Gasteiger partial charge in [0.2, 0.25) is 0 Å². The van der Waals surface area contributed by atoms with Gasteiger partial charge in [-0.1, -0.05) is 11.6 Å². The van der Waals surface area contributed by atoms with Crippen LogP contribution in [-0.2, 0) is 4.74 Å². The molecule has 1 aromatic rings. The number of hydrogen-bond acceptors (Lipinski definition) is 3. The van der Waals surface area contributed by atoms with E-state index in [0.29, 0.717) is 42.6 Å². The number of carbonyl (C=O) groups is 1. The maximum absolute atomic E-state index is 12.1. The molecule has 2 rings (SSSR count). The minimum absolute atomic E-state index is 0.0803. The van der Waals surface area contributed by atoms with Gasteiger partial charge in [-0.15, -0.1) is 0 Å². The molecule has 0 atom stereocenters. The van der Waals surface area contributed by atoms with Gasteiger partial charge in [0, 0.05) is 23.8 Å². The number of halogens is 1. The van der Waals surface area contributed by atoms with Gasteiger partial charge in [-0.2, -0.15) is 0 Å². The van der Waals surface area contributed by atoms with Crippen molar-refractivity contribution in [2.75, 3.05) is 32.0 Å². The monoisotopic (exact) mass is 240 g/mol. The van der Waals surface area contributed by atoms with Gasteiger partial charge in [0.05, 0.1) is 18.8 Å². The lowest BCUT2D eigenvalue weighted by molar-refractivity contribution is 0.0303. The Hall–Kier alpha value is -1.26. The van der Waals surface area contributed by atoms with Crippen molar-refractivity contribution in [1.82, 2.24) is 4.90 Å². The Bertz CT molecular complexity index is 403. The van der Waals surface area contributed by atoms with Gasteiger partial charge in [-0.05, 0) is 18.2 Å². The standard InChI is InChI=1S/C11H13ClN2O2/c12-8-1-2-10(13)9(7-8)11(15)14-3-5-16-6-4-14/h1-2,7H,3-6,13H2. The van der Waals surface area contributed by atoms with Crippen LogP contribution in [-0.4, -0.2) is 37.1 Å². The van der Waals surface area contributed by atoms with E-state index in [1.54, 1.807) is 23.1 Å². The van der Waals surface area contributed by atoms with Gasteiger partial charge < -0.3 is 15.4 Å². The molecule has 1 aliphatic heterocycles. The summed E-state index contributed by atoms with van der Waals surface area (Å²) in [6, 6.07) is 4.93. The van der Waals surface area contributed by atoms with E-state index in [1.807, 2.05) is 0 Å². The van der Waals surface area contributed by atoms with Gasteiger partial charge in [0.15, 0.2) is 0 Å². The Labute approximate surface area is 98.9 Å². The van der Waals surface area contributed by atoms with Crippen LogP contribution < -0.4 is 5.73 Å². The number of hydrogen-bond donors (Lipinski definition) is 1. The molecule has 0 bridgehead atoms. The van der Waals surface area contributed by atoms with Gasteiger partial charge in [0.25, 0.3) is 5.91 Å². The topological polar surface area (TPSA) is 55.6 Å². The Morgan fingerprint density at radius 3 is 2.75 bits per heavy atom. The zero-order valence-electron chi connectivity index (χ0n) is 8.78. The summed E-state index contributed by atoms with van der Waals surface area (Å²) in [6.07, 6.45) is 0. The van der Waals surface area contributed by atoms with E-state index in [1.165, 1.54) is 0 Å². The highest BCUT2D eigenvalue weighted by atomic mass is 35.5. The fourth-order valence-corrected chi connectivity index (χ4v) is 1.82. The van der Waals surface area contributed by atoms with Crippen LogP contribution in [0, 0.1) is 0 Å². The lowest BCUT2D eigenvalue weighted by atomic mass is 10.1. The summed E-state index contributed by atoms with van der Waals surface area (Å²) in [4.78, 5) is 13.8. The number of nitrogens with two attached hydrogens (primary N) is 1. The fraction of sp³-hybridized carbons (Fsp3) is 0.364. The highest BCUT2D eigenvalue weighted by molar-refractivity contribution is 6.31. The number of ether oxygens (including phenoxy) is 1. The van der Waals surface area contributed by atoms with Crippen molar-refractivity contribution in [2.24, 2.45) is 0 Å². The molecule has 1 aliphatic rings. The summed E-state index contributed by atoms with van der Waals surface area (Å²) in [5.74, 6) is -0.0803. The lowest BCUT2D eigenvalue weighted by Crippen LogP contribution is -2.40. The summed E-state index contributed by atoms with van der Waals surface area (Å²) >= 11 is 5.85. The molecule has 86 valence electrons. The second kappa shape index (κ2) is 4.72. The van der Waals surface area contributed by atoms with Crippen molar-refractivity contribution in [2.45, 2.75) is 0 Å². The highest BCUT2D eigenvalue weighted by Gasteiger charge is 2.20. The SMILES string of the molecule is Nc1ccc(Cl)cc1C(=O)N1CCOCC1. The maximum atomic E-state index is 12.1. The largest absolute Gasteiger partial charge is 0.398 e. The zero-order valence-corrected chi connectivity index (χ0v) is 9.54. The molecule has 1 aromatic carbocycles. The van der Waals surface area contributed by atoms with Crippen LogP contribution >= 0.6 is 11.6 Å². The molecule has 0 radical (unpaired) electrons. The molecule has 0 unspecified atom stereocenters. The van der Waals surface area contributed by atoms with Crippen LogP contribution in [0.3, 0.4) is 0 Å². The van der Waals surface area contributed by atoms with Crippen LogP contribution in [0.5, 0.6) is 0 Å². The predicted molar refractivity (Wildman–Crippen MR) is 62.6 cm³/mol. The smallest absolute Gasteiger partial charge is 0.256 e. The maximum Gasteiger partial charge on any atom is 0.256 e. The highest BCUT2D eigenvalue weighted by Crippen LogP contribution is 2.20. The summed E-state index contributed by atoms with van der Waals surface area (Å²) in [5, 5.41) is 0.519. The van der Waals surface area contributed by atoms with Gasteiger partial charge in [-0.3, -0.25) is 4.79 Å². The van der Waals surface area contributed by atoms with Crippen molar-refractivity contribution in [3.05, 3.63) is 28.8 Å². The quantitative estimate of drug-likeness (QED) is 0.755. The fourth-order valence-electron chi connectivity index (χ4n) is 1.65. The third-order valence-electron chi connectivity index (χ3n) is 2.54. The normalized spacial score (nSPS) is 16.2. The molecular weight excluding hydrogens is 228 g/mol. The molecule has 5 heteroatoms. The zero-order chi connectivity index (χ0) is 11.5. The first kappa shape index (κ1) is 11.2. The molecule has 0 aromatic heterocycles. The molecule has 1 saturated heterocycles. The molecule has 0 spiro atoms. The minimum Gasteiger partial charge on any atom is -0.398 e. The molecule has 0 aliphatic carbocycles. The molecular formula is C11H13ClN2O2. The van der Waals surface area contributed by atoms with Crippen molar-refractivity contribution in [3.8, 4) is 0 Å². The summed E-state index contributed by atoms with van der Waals surface area (Å²) < 4.78 is 5.19. The van der Waals surface area contributed by atoms with E-state index in [2.05, 4.69) is 0 Å². The Morgan fingerprint density at radius 2 is 2.06 bits per heavy atom. The Kier molecular flexibility index (Phi) is 3.31. The second-order valence-electron chi connectivity index (χ2n) is 3.64. The van der Waals surface area contributed by atoms with Crippen LogP contribution in [0.25, 0.3) is 0 Å². The molecule has 0 saturated carbocycles. The Morgan fingerprint density at radius 1 is 1.38 bits per heavy atom. The first-order chi connectivity index (χ1) is 7.68. The van der Waals surface area contributed by atoms with Crippen LogP contribution in [0.1, 0.15) is 10.4 Å². The number of carbonyl (C=O) groups excluding carboxylic acids is 1. The van der Waals surface area contributed by atoms with Crippen LogP contribution in [0.15, 0.2) is 18.2 Å². The van der Waals surface area contributed by atoms with Crippen LogP contribution in [0.2, 0.25) is 5.02 Å². The molecule has 1 amide bonds. The number of nitrogen functional groups attached to an aromatic ring is 1. The third-order valence-corrected chi connectivity index (χ3v) is 2.78. The first-order valence-electron chi connectivity index (χ1n) is 5.10. The lowest BCUT2D eigenvalue weighted by Gasteiger charge is -2.27. The van der Waals surface area contributed by atoms with Crippen molar-refractivity contribution in [3.63, 3.8) is 0 Å². The first-order valence-corrected chi connectivity index (χ1v) is 5.48. The number of rotatable bonds is 1. The number of morpholine rings is 1. The summed E-state index contributed by atoms with van der Waals surface area (Å²) in [7, 11) is 0. The van der Waals surface area contributed by atoms with Crippen molar-refractivity contribution < 1.29 is 9.53 Å². The molecule has 2 N–H and O–H groups in total. The average molecular weight is 241 g/mol. The summed E-state index contributed by atoms with van der Waals surface area (Å²) in [5.41, 5.74) is 6.69. The third kappa shape index (κ3) is 2.28. The van der Waals surface area contributed by atoms with Gasteiger partial charge >= 0.3 is 0 Å². The van der Waals surface area contributed by atoms with E-state index in [4.69, 9.17) is 22.1 Å². The molecule has 1 fully saturated rings. The van der Waals surface area contributed by atoms with E-state index < -0.39 is 0 Å². The van der Waals surface area contributed by atoms with Crippen molar-refractivity contribution >= 4 is 23.2 Å². The van der Waals surface area contributed by atoms with Crippen molar-refractivity contribution in [1.29, 1.82) is 0 Å². The van der Waals surface area contributed by atoms with Crippen LogP contribution in [0.4, 0.5) is 5.69 Å². The van der Waals surface area contributed by atoms with Gasteiger partial charge in [0.1, 0.15) is 0 Å². The van der Waals surface area contributed by atoms with Gasteiger partial charge in [-0.25, -0.2) is 0 Å². The number of anilines is 1. The van der Waals surface area contributed by atoms with E-state index in [0.717, 1.165) is 0 Å².